The Morgan fingerprint density at radius 3 is 2.77 bits per heavy atom. The van der Waals surface area contributed by atoms with Gasteiger partial charge in [0, 0.05) is 30.0 Å². The quantitative estimate of drug-likeness (QED) is 0.872. The molecule has 26 heavy (non-hydrogen) atoms. The lowest BCUT2D eigenvalue weighted by atomic mass is 10.1. The van der Waals surface area contributed by atoms with E-state index in [2.05, 4.69) is 16.7 Å². The number of halogens is 1. The van der Waals surface area contributed by atoms with Crippen LogP contribution in [0.15, 0.2) is 48.5 Å². The van der Waals surface area contributed by atoms with Crippen molar-refractivity contribution in [2.45, 2.75) is 12.8 Å². The first kappa shape index (κ1) is 18.4. The summed E-state index contributed by atoms with van der Waals surface area (Å²) in [6, 6.07) is 15.2. The molecule has 0 aliphatic carbocycles. The Kier molecular flexibility index (Phi) is 5.59. The summed E-state index contributed by atoms with van der Waals surface area (Å²) in [7, 11) is 0. The van der Waals surface area contributed by atoms with Gasteiger partial charge in [-0.05, 0) is 49.2 Å². The van der Waals surface area contributed by atoms with Crippen molar-refractivity contribution in [1.29, 1.82) is 0 Å². The van der Waals surface area contributed by atoms with Gasteiger partial charge >= 0.3 is 0 Å². The van der Waals surface area contributed by atoms with Gasteiger partial charge < -0.3 is 15.5 Å². The van der Waals surface area contributed by atoms with Crippen LogP contribution in [0.5, 0.6) is 0 Å². The third-order valence-corrected chi connectivity index (χ3v) is 4.94. The van der Waals surface area contributed by atoms with Crippen LogP contribution in [0.2, 0.25) is 0 Å². The van der Waals surface area contributed by atoms with Gasteiger partial charge in [0.05, 0.1) is 5.92 Å². The van der Waals surface area contributed by atoms with Crippen LogP contribution in [0.1, 0.15) is 22.3 Å². The molecule has 5 nitrogen and oxygen atoms in total. The maximum atomic E-state index is 12.9. The number of carbonyl (C=O) groups is 2. The SMILES string of the molecule is Cl.O=C(Nc1cccc(C(=O)N2CCc3ccccc32)c1)C1CCNC1. The first-order chi connectivity index (χ1) is 12.2. The van der Waals surface area contributed by atoms with E-state index in [-0.39, 0.29) is 30.1 Å². The Labute approximate surface area is 159 Å². The molecule has 2 aromatic rings. The topological polar surface area (TPSA) is 61.4 Å². The van der Waals surface area contributed by atoms with Gasteiger partial charge in [0.2, 0.25) is 5.91 Å². The Hall–Kier alpha value is -2.37. The molecule has 2 aliphatic rings. The molecule has 1 unspecified atom stereocenters. The molecule has 0 radical (unpaired) electrons. The van der Waals surface area contributed by atoms with E-state index in [0.717, 1.165) is 31.6 Å². The highest BCUT2D eigenvalue weighted by Crippen LogP contribution is 2.29. The summed E-state index contributed by atoms with van der Waals surface area (Å²) in [5.41, 5.74) is 3.46. The van der Waals surface area contributed by atoms with E-state index in [9.17, 15) is 9.59 Å². The first-order valence-corrected chi connectivity index (χ1v) is 8.74. The van der Waals surface area contributed by atoms with Crippen LogP contribution in [0.25, 0.3) is 0 Å². The van der Waals surface area contributed by atoms with Gasteiger partial charge in [-0.25, -0.2) is 0 Å². The standard InChI is InChI=1S/C20H21N3O2.ClH/c24-19(16-8-10-21-13-16)22-17-6-3-5-15(12-17)20(25)23-11-9-14-4-1-2-7-18(14)23;/h1-7,12,16,21H,8-11,13H2,(H,22,24);1H. The van der Waals surface area contributed by atoms with Gasteiger partial charge in [-0.3, -0.25) is 9.59 Å². The molecule has 6 heteroatoms. The second-order valence-electron chi connectivity index (χ2n) is 6.60. The zero-order valence-electron chi connectivity index (χ0n) is 14.4. The van der Waals surface area contributed by atoms with Crippen LogP contribution in [-0.4, -0.2) is 31.4 Å². The van der Waals surface area contributed by atoms with Crippen molar-refractivity contribution < 1.29 is 9.59 Å². The van der Waals surface area contributed by atoms with Gasteiger partial charge in [0.15, 0.2) is 0 Å². The number of carbonyl (C=O) groups excluding carboxylic acids is 2. The lowest BCUT2D eigenvalue weighted by molar-refractivity contribution is -0.119. The molecule has 0 aromatic heterocycles. The number of rotatable bonds is 3. The van der Waals surface area contributed by atoms with Crippen LogP contribution >= 0.6 is 12.4 Å². The average molecular weight is 372 g/mol. The number of nitrogens with zero attached hydrogens (tertiary/aromatic N) is 1. The molecule has 1 atom stereocenters. The van der Waals surface area contributed by atoms with Gasteiger partial charge in [-0.2, -0.15) is 0 Å². The highest BCUT2D eigenvalue weighted by molar-refractivity contribution is 6.08. The Morgan fingerprint density at radius 1 is 1.12 bits per heavy atom. The molecule has 2 heterocycles. The normalized spacial score (nSPS) is 18.2. The number of fused-ring (bicyclic) bond motifs is 1. The van der Waals surface area contributed by atoms with Crippen molar-refractivity contribution in [3.8, 4) is 0 Å². The highest BCUT2D eigenvalue weighted by atomic mass is 35.5. The number of hydrogen-bond donors (Lipinski definition) is 2. The monoisotopic (exact) mass is 371 g/mol. The number of nitrogens with one attached hydrogen (secondary N) is 2. The summed E-state index contributed by atoms with van der Waals surface area (Å²) in [4.78, 5) is 27.0. The molecular weight excluding hydrogens is 350 g/mol. The van der Waals surface area contributed by atoms with Gasteiger partial charge in [0.25, 0.3) is 5.91 Å². The molecule has 0 saturated carbocycles. The molecule has 0 spiro atoms. The number of anilines is 2. The summed E-state index contributed by atoms with van der Waals surface area (Å²) in [6.45, 7) is 2.29. The Balaban J connectivity index is 0.00000196. The molecule has 1 fully saturated rings. The maximum Gasteiger partial charge on any atom is 0.258 e. The van der Waals surface area contributed by atoms with Crippen LogP contribution in [-0.2, 0) is 11.2 Å². The second-order valence-corrected chi connectivity index (χ2v) is 6.60. The Morgan fingerprint density at radius 2 is 1.96 bits per heavy atom. The minimum atomic E-state index is -0.0245. The van der Waals surface area contributed by atoms with Gasteiger partial charge in [-0.15, -0.1) is 12.4 Å². The van der Waals surface area contributed by atoms with E-state index < -0.39 is 0 Å². The van der Waals surface area contributed by atoms with Crippen molar-refractivity contribution in [3.63, 3.8) is 0 Å². The minimum absolute atomic E-state index is 0. The predicted octanol–water partition coefficient (Wildman–Crippen LogP) is 2.86. The summed E-state index contributed by atoms with van der Waals surface area (Å²) in [6.07, 6.45) is 1.74. The molecule has 0 bridgehead atoms. The second kappa shape index (κ2) is 7.89. The van der Waals surface area contributed by atoms with E-state index in [1.807, 2.05) is 35.2 Å². The largest absolute Gasteiger partial charge is 0.326 e. The molecule has 4 rings (SSSR count). The van der Waals surface area contributed by atoms with E-state index >= 15 is 0 Å². The molecule has 2 amide bonds. The van der Waals surface area contributed by atoms with E-state index in [0.29, 0.717) is 17.8 Å². The average Bonchev–Trinajstić information content (AvgIpc) is 3.31. The van der Waals surface area contributed by atoms with Crippen LogP contribution in [0.3, 0.4) is 0 Å². The van der Waals surface area contributed by atoms with Crippen LogP contribution < -0.4 is 15.5 Å². The number of hydrogen-bond acceptors (Lipinski definition) is 3. The van der Waals surface area contributed by atoms with E-state index in [4.69, 9.17) is 0 Å². The van der Waals surface area contributed by atoms with Crippen molar-refractivity contribution in [3.05, 3.63) is 59.7 Å². The molecule has 1 saturated heterocycles. The van der Waals surface area contributed by atoms with Gasteiger partial charge in [-0.1, -0.05) is 24.3 Å². The smallest absolute Gasteiger partial charge is 0.258 e. The third kappa shape index (κ3) is 3.59. The molecule has 2 aliphatic heterocycles. The fourth-order valence-corrected chi connectivity index (χ4v) is 3.56. The maximum absolute atomic E-state index is 12.9. The zero-order valence-corrected chi connectivity index (χ0v) is 15.2. The number of amides is 2. The van der Waals surface area contributed by atoms with Crippen LogP contribution in [0.4, 0.5) is 11.4 Å². The summed E-state index contributed by atoms with van der Waals surface area (Å²) >= 11 is 0. The van der Waals surface area contributed by atoms with Gasteiger partial charge in [0.1, 0.15) is 0 Å². The predicted molar refractivity (Wildman–Crippen MR) is 105 cm³/mol. The molecular formula is C20H22ClN3O2. The van der Waals surface area contributed by atoms with E-state index in [1.54, 1.807) is 12.1 Å². The summed E-state index contributed by atoms with van der Waals surface area (Å²) < 4.78 is 0. The highest BCUT2D eigenvalue weighted by Gasteiger charge is 2.26. The summed E-state index contributed by atoms with van der Waals surface area (Å²) in [5, 5.41) is 6.13. The first-order valence-electron chi connectivity index (χ1n) is 8.74. The molecule has 2 aromatic carbocycles. The number of para-hydroxylation sites is 1. The molecule has 2 N–H and O–H groups in total. The van der Waals surface area contributed by atoms with Crippen molar-refractivity contribution in [2.24, 2.45) is 5.92 Å². The fourth-order valence-electron chi connectivity index (χ4n) is 3.56. The van der Waals surface area contributed by atoms with Crippen molar-refractivity contribution >= 4 is 35.6 Å². The van der Waals surface area contributed by atoms with Crippen LogP contribution in [0, 0.1) is 5.92 Å². The Bertz CT molecular complexity index is 818. The van der Waals surface area contributed by atoms with E-state index in [1.165, 1.54) is 5.56 Å². The number of benzene rings is 2. The van der Waals surface area contributed by atoms with Crippen molar-refractivity contribution in [2.75, 3.05) is 29.9 Å². The minimum Gasteiger partial charge on any atom is -0.326 e. The molecule has 136 valence electrons. The third-order valence-electron chi connectivity index (χ3n) is 4.94. The fraction of sp³-hybridized carbons (Fsp3) is 0.300. The summed E-state index contributed by atoms with van der Waals surface area (Å²) in [5.74, 6) is -0.00508. The zero-order chi connectivity index (χ0) is 17.2. The van der Waals surface area contributed by atoms with Crippen molar-refractivity contribution in [1.82, 2.24) is 5.32 Å². The lowest BCUT2D eigenvalue weighted by Crippen LogP contribution is -2.29. The lowest BCUT2D eigenvalue weighted by Gasteiger charge is -2.18.